The third kappa shape index (κ3) is 3.56. The molecule has 24 heavy (non-hydrogen) atoms. The maximum Gasteiger partial charge on any atom is 0.260 e. The minimum atomic E-state index is -0.255. The van der Waals surface area contributed by atoms with Gasteiger partial charge in [-0.1, -0.05) is 31.0 Å². The molecule has 4 nitrogen and oxygen atoms in total. The first-order valence-electron chi connectivity index (χ1n) is 9.75. The summed E-state index contributed by atoms with van der Waals surface area (Å²) in [5.41, 5.74) is 0. The van der Waals surface area contributed by atoms with Crippen molar-refractivity contribution in [3.63, 3.8) is 0 Å². The fraction of sp³-hybridized carbons (Fsp3) is 0.842. The number of hydrogen-bond acceptors (Lipinski definition) is 3. The molecule has 2 bridgehead atoms. The molecule has 2 heterocycles. The minimum Gasteiger partial charge on any atom is -0.343 e. The van der Waals surface area contributed by atoms with Crippen molar-refractivity contribution in [1.29, 1.82) is 0 Å². The first-order valence-corrected chi connectivity index (χ1v) is 10.6. The lowest BCUT2D eigenvalue weighted by atomic mass is 9.87. The molecule has 1 saturated heterocycles. The third-order valence-corrected chi connectivity index (χ3v) is 7.61. The molecule has 3 fully saturated rings. The van der Waals surface area contributed by atoms with Crippen molar-refractivity contribution in [2.45, 2.75) is 69.5 Å². The van der Waals surface area contributed by atoms with Crippen LogP contribution in [0.1, 0.15) is 64.2 Å². The van der Waals surface area contributed by atoms with Crippen molar-refractivity contribution in [1.82, 2.24) is 4.90 Å². The zero-order valence-corrected chi connectivity index (χ0v) is 15.2. The lowest BCUT2D eigenvalue weighted by Gasteiger charge is -2.22. The number of fused-ring (bicyclic) bond motifs is 2. The summed E-state index contributed by atoms with van der Waals surface area (Å²) in [7, 11) is 0. The molecule has 2 aliphatic heterocycles. The number of aliphatic imine (C=N–C) groups is 1. The van der Waals surface area contributed by atoms with Gasteiger partial charge in [-0.05, 0) is 56.3 Å². The summed E-state index contributed by atoms with van der Waals surface area (Å²) in [6.45, 7) is 1.73. The molecule has 0 aromatic carbocycles. The van der Waals surface area contributed by atoms with E-state index < -0.39 is 0 Å². The van der Waals surface area contributed by atoms with Crippen molar-refractivity contribution >= 4 is 28.6 Å². The molecule has 0 aromatic heterocycles. The molecule has 4 atom stereocenters. The first kappa shape index (κ1) is 16.6. The second kappa shape index (κ2) is 7.19. The van der Waals surface area contributed by atoms with E-state index in [9.17, 15) is 9.59 Å². The molecule has 0 spiro atoms. The predicted octanol–water partition coefficient (Wildman–Crippen LogP) is 3.65. The number of carbonyl (C=O) groups excluding carboxylic acids is 2. The predicted molar refractivity (Wildman–Crippen MR) is 97.0 cm³/mol. The third-order valence-electron chi connectivity index (χ3n) is 6.43. The number of thioether (sulfide) groups is 1. The SMILES string of the molecule is O=C1N=C(CC2CC3CCC2C3)SC1CC(=O)N1CCCCCC1. The zero-order chi connectivity index (χ0) is 16.5. The minimum absolute atomic E-state index is 0.0682. The number of carbonyl (C=O) groups is 2. The largest absolute Gasteiger partial charge is 0.343 e. The lowest BCUT2D eigenvalue weighted by molar-refractivity contribution is -0.132. The molecule has 4 rings (SSSR count). The van der Waals surface area contributed by atoms with Gasteiger partial charge in [0.25, 0.3) is 5.91 Å². The summed E-state index contributed by atoms with van der Waals surface area (Å²) in [4.78, 5) is 31.0. The Balaban J connectivity index is 1.28. The zero-order valence-electron chi connectivity index (χ0n) is 14.4. The Labute approximate surface area is 148 Å². The van der Waals surface area contributed by atoms with Crippen molar-refractivity contribution in [2.75, 3.05) is 13.1 Å². The van der Waals surface area contributed by atoms with Crippen molar-refractivity contribution in [3.05, 3.63) is 0 Å². The number of likely N-dealkylation sites (tertiary alicyclic amines) is 1. The number of hydrogen-bond donors (Lipinski definition) is 0. The van der Waals surface area contributed by atoms with Crippen LogP contribution in [0.15, 0.2) is 4.99 Å². The van der Waals surface area contributed by atoms with E-state index in [4.69, 9.17) is 0 Å². The highest BCUT2D eigenvalue weighted by Crippen LogP contribution is 2.50. The van der Waals surface area contributed by atoms with Gasteiger partial charge in [0.15, 0.2) is 0 Å². The average Bonchev–Trinajstić information content (AvgIpc) is 3.18. The maximum absolute atomic E-state index is 12.5. The van der Waals surface area contributed by atoms with Gasteiger partial charge >= 0.3 is 0 Å². The summed E-state index contributed by atoms with van der Waals surface area (Å²) in [5.74, 6) is 2.62. The first-order chi connectivity index (χ1) is 11.7. The fourth-order valence-corrected chi connectivity index (χ4v) is 6.28. The summed E-state index contributed by atoms with van der Waals surface area (Å²) >= 11 is 1.58. The molecular weight excluding hydrogens is 320 g/mol. The van der Waals surface area contributed by atoms with E-state index >= 15 is 0 Å². The molecule has 2 aliphatic carbocycles. The summed E-state index contributed by atoms with van der Waals surface area (Å²) in [5, 5.41) is 0.751. The molecule has 2 amide bonds. The van der Waals surface area contributed by atoms with Crippen LogP contribution in [0.5, 0.6) is 0 Å². The van der Waals surface area contributed by atoms with E-state index in [1.807, 2.05) is 4.90 Å². The molecule has 4 unspecified atom stereocenters. The number of nitrogens with zero attached hydrogens (tertiary/aromatic N) is 2. The Kier molecular flexibility index (Phi) is 4.98. The second-order valence-corrected chi connectivity index (χ2v) is 9.36. The van der Waals surface area contributed by atoms with Crippen molar-refractivity contribution in [3.8, 4) is 0 Å². The monoisotopic (exact) mass is 348 g/mol. The van der Waals surface area contributed by atoms with E-state index in [2.05, 4.69) is 4.99 Å². The van der Waals surface area contributed by atoms with Crippen LogP contribution in [0.2, 0.25) is 0 Å². The Morgan fingerprint density at radius 3 is 2.58 bits per heavy atom. The van der Waals surface area contributed by atoms with Crippen LogP contribution in [0, 0.1) is 17.8 Å². The summed E-state index contributed by atoms with van der Waals surface area (Å²) in [6, 6.07) is 0. The average molecular weight is 349 g/mol. The smallest absolute Gasteiger partial charge is 0.260 e. The topological polar surface area (TPSA) is 49.7 Å². The summed E-state index contributed by atoms with van der Waals surface area (Å²) < 4.78 is 0. The molecule has 0 N–H and O–H groups in total. The highest BCUT2D eigenvalue weighted by atomic mass is 32.2. The van der Waals surface area contributed by atoms with Gasteiger partial charge in [-0.25, -0.2) is 4.99 Å². The van der Waals surface area contributed by atoms with Crippen LogP contribution in [0.4, 0.5) is 0 Å². The second-order valence-electron chi connectivity index (χ2n) is 8.09. The number of rotatable bonds is 4. The molecule has 132 valence electrons. The van der Waals surface area contributed by atoms with Crippen molar-refractivity contribution < 1.29 is 9.59 Å². The van der Waals surface area contributed by atoms with Crippen LogP contribution < -0.4 is 0 Å². The van der Waals surface area contributed by atoms with E-state index in [1.165, 1.54) is 38.5 Å². The van der Waals surface area contributed by atoms with Crippen LogP contribution in [0.25, 0.3) is 0 Å². The van der Waals surface area contributed by atoms with Crippen LogP contribution in [-0.4, -0.2) is 40.1 Å². The van der Waals surface area contributed by atoms with E-state index in [-0.39, 0.29) is 17.1 Å². The maximum atomic E-state index is 12.5. The van der Waals surface area contributed by atoms with E-state index in [0.717, 1.165) is 55.1 Å². The van der Waals surface area contributed by atoms with Gasteiger partial charge in [-0.2, -0.15) is 0 Å². The van der Waals surface area contributed by atoms with Gasteiger partial charge < -0.3 is 4.90 Å². The van der Waals surface area contributed by atoms with Crippen LogP contribution in [0.3, 0.4) is 0 Å². The van der Waals surface area contributed by atoms with Crippen LogP contribution in [-0.2, 0) is 9.59 Å². The molecule has 4 aliphatic rings. The van der Waals surface area contributed by atoms with Crippen LogP contribution >= 0.6 is 11.8 Å². The van der Waals surface area contributed by atoms with E-state index in [1.54, 1.807) is 11.8 Å². The number of amides is 2. The Morgan fingerprint density at radius 1 is 1.12 bits per heavy atom. The standard InChI is InChI=1S/C19H28N2O2S/c22-18(21-7-3-1-2-4-8-21)12-16-19(23)20-17(24-16)11-15-10-13-5-6-14(15)9-13/h13-16H,1-12H2. The Bertz CT molecular complexity index is 539. The quantitative estimate of drug-likeness (QED) is 0.779. The molecule has 5 heteroatoms. The fourth-order valence-electron chi connectivity index (χ4n) is 5.12. The molecule has 0 aromatic rings. The molecular formula is C19H28N2O2S. The molecule has 2 saturated carbocycles. The van der Waals surface area contributed by atoms with Gasteiger partial charge in [0.2, 0.25) is 5.91 Å². The summed E-state index contributed by atoms with van der Waals surface area (Å²) in [6.07, 6.45) is 11.5. The Hall–Kier alpha value is -0.840. The van der Waals surface area contributed by atoms with E-state index in [0.29, 0.717) is 6.42 Å². The van der Waals surface area contributed by atoms with Gasteiger partial charge in [-0.15, -0.1) is 0 Å². The lowest BCUT2D eigenvalue weighted by Crippen LogP contribution is -2.34. The van der Waals surface area contributed by atoms with Gasteiger partial charge in [0.1, 0.15) is 5.25 Å². The van der Waals surface area contributed by atoms with Gasteiger partial charge in [0.05, 0.1) is 5.04 Å². The Morgan fingerprint density at radius 2 is 1.92 bits per heavy atom. The van der Waals surface area contributed by atoms with Gasteiger partial charge in [-0.3, -0.25) is 9.59 Å². The van der Waals surface area contributed by atoms with Gasteiger partial charge in [0, 0.05) is 19.5 Å². The highest BCUT2D eigenvalue weighted by Gasteiger charge is 2.41. The molecule has 0 radical (unpaired) electrons. The highest BCUT2D eigenvalue weighted by molar-refractivity contribution is 8.15. The van der Waals surface area contributed by atoms with Crippen molar-refractivity contribution in [2.24, 2.45) is 22.7 Å². The normalized spacial score (nSPS) is 36.1.